The van der Waals surface area contributed by atoms with Crippen molar-refractivity contribution in [1.82, 2.24) is 4.90 Å². The fourth-order valence-electron chi connectivity index (χ4n) is 3.34. The molecular weight excluding hydrogens is 424 g/mol. The summed E-state index contributed by atoms with van der Waals surface area (Å²) in [4.78, 5) is 38.2. The molecule has 8 heteroatoms. The van der Waals surface area contributed by atoms with E-state index in [0.29, 0.717) is 22.6 Å². The van der Waals surface area contributed by atoms with Crippen LogP contribution in [0.5, 0.6) is 0 Å². The monoisotopic (exact) mass is 448 g/mol. The van der Waals surface area contributed by atoms with Gasteiger partial charge in [0.1, 0.15) is 23.2 Å². The van der Waals surface area contributed by atoms with Crippen molar-refractivity contribution < 1.29 is 28.6 Å². The van der Waals surface area contributed by atoms with E-state index in [1.54, 1.807) is 50.2 Å². The lowest BCUT2D eigenvalue weighted by Crippen LogP contribution is -2.45. The predicted octanol–water partition coefficient (Wildman–Crippen LogP) is 3.48. The lowest BCUT2D eigenvalue weighted by molar-refractivity contribution is -0.141. The molecule has 0 saturated carbocycles. The zero-order valence-corrected chi connectivity index (χ0v) is 18.8. The van der Waals surface area contributed by atoms with Crippen LogP contribution in [0, 0.1) is 11.3 Å². The molecule has 0 unspecified atom stereocenters. The fraction of sp³-hybridized carbons (Fsp3) is 0.280. The quantitative estimate of drug-likeness (QED) is 0.408. The highest BCUT2D eigenvalue weighted by molar-refractivity contribution is 6.19. The number of carbonyl (C=O) groups excluding carboxylic acids is 3. The topological polar surface area (TPSA) is 121 Å². The van der Waals surface area contributed by atoms with E-state index >= 15 is 0 Å². The van der Waals surface area contributed by atoms with Crippen LogP contribution in [0.4, 0.5) is 0 Å². The van der Waals surface area contributed by atoms with Crippen LogP contribution in [0.3, 0.4) is 0 Å². The van der Waals surface area contributed by atoms with Gasteiger partial charge in [-0.1, -0.05) is 12.1 Å². The summed E-state index contributed by atoms with van der Waals surface area (Å²) in [6.07, 6.45) is 0.314. The van der Waals surface area contributed by atoms with Gasteiger partial charge in [-0.15, -0.1) is 0 Å². The lowest BCUT2D eigenvalue weighted by Gasteiger charge is -2.28. The summed E-state index contributed by atoms with van der Waals surface area (Å²) in [6, 6.07) is 11.9. The average molecular weight is 448 g/mol. The van der Waals surface area contributed by atoms with Gasteiger partial charge >= 0.3 is 5.97 Å². The number of imide groups is 1. The number of benzene rings is 1. The maximum absolute atomic E-state index is 12.9. The molecule has 1 atom stereocenters. The second-order valence-electron chi connectivity index (χ2n) is 7.97. The smallest absolute Gasteiger partial charge is 0.338 e. The van der Waals surface area contributed by atoms with Crippen molar-refractivity contribution in [3.05, 3.63) is 64.4 Å². The molecule has 1 aromatic carbocycles. The summed E-state index contributed by atoms with van der Waals surface area (Å²) in [5.74, 6) is -0.894. The van der Waals surface area contributed by atoms with Crippen LogP contribution in [0.25, 0.3) is 17.4 Å². The normalized spacial score (nSPS) is 16.4. The molecule has 170 valence electrons. The molecule has 3 rings (SSSR count). The summed E-state index contributed by atoms with van der Waals surface area (Å²) in [6.45, 7) is 6.31. The van der Waals surface area contributed by atoms with Crippen molar-refractivity contribution in [2.45, 2.75) is 39.9 Å². The Kier molecular flexibility index (Phi) is 6.95. The highest BCUT2D eigenvalue weighted by Crippen LogP contribution is 2.29. The van der Waals surface area contributed by atoms with Gasteiger partial charge in [0.2, 0.25) is 0 Å². The Labute approximate surface area is 191 Å². The summed E-state index contributed by atoms with van der Waals surface area (Å²) >= 11 is 0. The first-order valence-corrected chi connectivity index (χ1v) is 10.4. The summed E-state index contributed by atoms with van der Waals surface area (Å²) in [7, 11) is 0. The minimum Gasteiger partial charge on any atom is -0.459 e. The van der Waals surface area contributed by atoms with E-state index < -0.39 is 23.9 Å². The third kappa shape index (κ3) is 5.10. The number of furan rings is 1. The Hall–Kier alpha value is -3.96. The van der Waals surface area contributed by atoms with Crippen molar-refractivity contribution in [2.24, 2.45) is 0 Å². The molecule has 0 spiro atoms. The summed E-state index contributed by atoms with van der Waals surface area (Å²) in [5.41, 5.74) is 1.37. The summed E-state index contributed by atoms with van der Waals surface area (Å²) in [5, 5.41) is 19.1. The largest absolute Gasteiger partial charge is 0.459 e. The Morgan fingerprint density at radius 2 is 1.82 bits per heavy atom. The number of aliphatic hydroxyl groups is 1. The number of ether oxygens (including phenoxy) is 1. The Morgan fingerprint density at radius 3 is 2.39 bits per heavy atom. The second-order valence-corrected chi connectivity index (χ2v) is 7.97. The van der Waals surface area contributed by atoms with Gasteiger partial charge in [-0.05, 0) is 63.6 Å². The van der Waals surface area contributed by atoms with Crippen LogP contribution >= 0.6 is 0 Å². The predicted molar refractivity (Wildman–Crippen MR) is 119 cm³/mol. The molecule has 1 aliphatic heterocycles. The van der Waals surface area contributed by atoms with Crippen molar-refractivity contribution in [2.75, 3.05) is 6.54 Å². The number of aliphatic hydroxyl groups excluding tert-OH is 1. The first-order chi connectivity index (χ1) is 15.6. The Morgan fingerprint density at radius 1 is 1.15 bits per heavy atom. The molecule has 0 radical (unpaired) electrons. The molecule has 1 N–H and O–H groups in total. The van der Waals surface area contributed by atoms with E-state index in [9.17, 15) is 24.8 Å². The number of amides is 2. The third-order valence-corrected chi connectivity index (χ3v) is 4.93. The molecule has 0 saturated heterocycles. The molecule has 1 aromatic heterocycles. The van der Waals surface area contributed by atoms with Crippen molar-refractivity contribution >= 4 is 23.9 Å². The van der Waals surface area contributed by atoms with Gasteiger partial charge < -0.3 is 14.3 Å². The zero-order chi connectivity index (χ0) is 24.3. The summed E-state index contributed by atoms with van der Waals surface area (Å²) < 4.78 is 11.0. The number of carbonyl (C=O) groups is 3. The van der Waals surface area contributed by atoms with Crippen LogP contribution in [0.1, 0.15) is 43.8 Å². The molecule has 0 bridgehead atoms. The van der Waals surface area contributed by atoms with E-state index in [2.05, 4.69) is 0 Å². The van der Waals surface area contributed by atoms with E-state index in [0.717, 1.165) is 4.90 Å². The Bertz CT molecular complexity index is 1190. The maximum Gasteiger partial charge on any atom is 0.338 e. The van der Waals surface area contributed by atoms with E-state index in [1.165, 1.54) is 19.9 Å². The van der Waals surface area contributed by atoms with Crippen molar-refractivity contribution in [1.29, 1.82) is 5.26 Å². The average Bonchev–Trinajstić information content (AvgIpc) is 3.23. The maximum atomic E-state index is 12.9. The van der Waals surface area contributed by atoms with Crippen LogP contribution in [0.2, 0.25) is 0 Å². The molecule has 2 heterocycles. The first kappa shape index (κ1) is 23.7. The van der Waals surface area contributed by atoms with Gasteiger partial charge in [0.25, 0.3) is 11.8 Å². The van der Waals surface area contributed by atoms with Gasteiger partial charge in [0.05, 0.1) is 24.3 Å². The SMILES string of the molecule is CC1=C(C#N)C(=O)N(C[C@@H](C)O)C(=O)/C1=C/c1ccc(-c2ccc(C(=O)OC(C)C)cc2)o1. The van der Waals surface area contributed by atoms with Gasteiger partial charge in [0.15, 0.2) is 0 Å². The third-order valence-electron chi connectivity index (χ3n) is 4.93. The van der Waals surface area contributed by atoms with E-state index in [-0.39, 0.29) is 29.4 Å². The highest BCUT2D eigenvalue weighted by atomic mass is 16.5. The number of esters is 1. The number of nitrogens with zero attached hydrogens (tertiary/aromatic N) is 2. The zero-order valence-electron chi connectivity index (χ0n) is 18.8. The van der Waals surface area contributed by atoms with Crippen LogP contribution in [-0.2, 0) is 14.3 Å². The van der Waals surface area contributed by atoms with E-state index in [4.69, 9.17) is 9.15 Å². The number of rotatable bonds is 6. The molecule has 33 heavy (non-hydrogen) atoms. The highest BCUT2D eigenvalue weighted by Gasteiger charge is 2.36. The molecule has 2 amide bonds. The number of hydrogen-bond acceptors (Lipinski definition) is 7. The molecular formula is C25H24N2O6. The molecule has 8 nitrogen and oxygen atoms in total. The number of nitriles is 1. The Balaban J connectivity index is 1.91. The van der Waals surface area contributed by atoms with Crippen molar-refractivity contribution in [3.8, 4) is 17.4 Å². The first-order valence-electron chi connectivity index (χ1n) is 10.4. The van der Waals surface area contributed by atoms with Gasteiger partial charge in [0, 0.05) is 11.1 Å². The van der Waals surface area contributed by atoms with Crippen LogP contribution < -0.4 is 0 Å². The van der Waals surface area contributed by atoms with Gasteiger partial charge in [-0.25, -0.2) is 4.79 Å². The molecule has 0 aliphatic carbocycles. The minimum atomic E-state index is -0.937. The molecule has 1 aliphatic rings. The van der Waals surface area contributed by atoms with Gasteiger partial charge in [-0.2, -0.15) is 5.26 Å². The lowest BCUT2D eigenvalue weighted by atomic mass is 9.94. The second kappa shape index (κ2) is 9.67. The standard InChI is InChI=1S/C25H24N2O6/c1-14(2)32-25(31)18-7-5-17(6-8-18)22-10-9-19(33-22)11-20-16(4)21(12-26)24(30)27(23(20)29)13-15(3)28/h5-11,14-15,28H,13H2,1-4H3/b20-11+/t15-/m1/s1. The van der Waals surface area contributed by atoms with Gasteiger partial charge in [-0.3, -0.25) is 14.5 Å². The number of hydrogen-bond donors (Lipinski definition) is 1. The minimum absolute atomic E-state index is 0.138. The van der Waals surface area contributed by atoms with Crippen LogP contribution in [0.15, 0.2) is 57.5 Å². The fourth-order valence-corrected chi connectivity index (χ4v) is 3.34. The molecule has 2 aromatic rings. The van der Waals surface area contributed by atoms with Crippen molar-refractivity contribution in [3.63, 3.8) is 0 Å². The number of β-amino-alcohol motifs (C(OH)–C–C–N with tert-alkyl or cyclic N) is 1. The van der Waals surface area contributed by atoms with Crippen LogP contribution in [-0.4, -0.2) is 46.5 Å². The van der Waals surface area contributed by atoms with E-state index in [1.807, 2.05) is 6.07 Å². The molecule has 0 fully saturated rings.